The van der Waals surface area contributed by atoms with Crippen LogP contribution in [-0.4, -0.2) is 25.6 Å². The highest BCUT2D eigenvalue weighted by Crippen LogP contribution is 2.20. The average Bonchev–Trinajstić information content (AvgIpc) is 2.85. The number of aryl methyl sites for hydroxylation is 1. The highest BCUT2D eigenvalue weighted by molar-refractivity contribution is 5.92. The van der Waals surface area contributed by atoms with Gasteiger partial charge in [0.05, 0.1) is 16.6 Å². The zero-order valence-electron chi connectivity index (χ0n) is 11.7. The van der Waals surface area contributed by atoms with E-state index in [1.165, 1.54) is 0 Å². The van der Waals surface area contributed by atoms with Crippen molar-refractivity contribution in [2.75, 3.05) is 0 Å². The van der Waals surface area contributed by atoms with Crippen LogP contribution in [0.1, 0.15) is 28.7 Å². The summed E-state index contributed by atoms with van der Waals surface area (Å²) in [5, 5.41) is 9.07. The average molecular weight is 281 g/mol. The van der Waals surface area contributed by atoms with Crippen molar-refractivity contribution in [3.63, 3.8) is 0 Å². The van der Waals surface area contributed by atoms with E-state index >= 15 is 0 Å². The van der Waals surface area contributed by atoms with Crippen LogP contribution in [0.5, 0.6) is 0 Å². The van der Waals surface area contributed by atoms with Gasteiger partial charge >= 0.3 is 5.97 Å². The van der Waals surface area contributed by atoms with E-state index in [9.17, 15) is 4.79 Å². The number of aromatic carboxylic acids is 1. The zero-order valence-corrected chi connectivity index (χ0v) is 11.7. The van der Waals surface area contributed by atoms with Gasteiger partial charge in [-0.15, -0.1) is 0 Å². The number of aromatic nitrogens is 3. The Labute approximate surface area is 121 Å². The minimum atomic E-state index is -0.932. The highest BCUT2D eigenvalue weighted by Gasteiger charge is 2.12. The first kappa shape index (κ1) is 13.3. The number of carbonyl (C=O) groups is 1. The Morgan fingerprint density at radius 3 is 2.67 bits per heavy atom. The van der Waals surface area contributed by atoms with E-state index in [4.69, 9.17) is 5.11 Å². The summed E-state index contributed by atoms with van der Waals surface area (Å²) in [6.07, 6.45) is 4.33. The maximum absolute atomic E-state index is 11.1. The number of benzene rings is 1. The second-order valence-corrected chi connectivity index (χ2v) is 4.83. The zero-order chi connectivity index (χ0) is 14.8. The first-order valence-corrected chi connectivity index (χ1v) is 6.80. The van der Waals surface area contributed by atoms with Crippen molar-refractivity contribution in [3.8, 4) is 0 Å². The third kappa shape index (κ3) is 2.50. The number of imidazole rings is 1. The lowest BCUT2D eigenvalue weighted by Crippen LogP contribution is -2.04. The molecule has 0 spiro atoms. The predicted octanol–water partition coefficient (Wildman–Crippen LogP) is 2.74. The van der Waals surface area contributed by atoms with Gasteiger partial charge in [0.15, 0.2) is 0 Å². The smallest absolute Gasteiger partial charge is 0.335 e. The molecule has 0 saturated heterocycles. The Bertz CT molecular complexity index is 794. The van der Waals surface area contributed by atoms with Crippen LogP contribution in [0.25, 0.3) is 11.0 Å². The summed E-state index contributed by atoms with van der Waals surface area (Å²) in [5.41, 5.74) is 3.08. The van der Waals surface area contributed by atoms with Gasteiger partial charge in [0.2, 0.25) is 0 Å². The lowest BCUT2D eigenvalue weighted by Gasteiger charge is -2.08. The van der Waals surface area contributed by atoms with Gasteiger partial charge in [-0.3, -0.25) is 4.98 Å². The number of fused-ring (bicyclic) bond motifs is 1. The molecule has 3 rings (SSSR count). The molecule has 0 unspecified atom stereocenters. The molecule has 0 saturated carbocycles. The lowest BCUT2D eigenvalue weighted by atomic mass is 10.2. The quantitative estimate of drug-likeness (QED) is 0.798. The lowest BCUT2D eigenvalue weighted by molar-refractivity contribution is 0.0697. The fourth-order valence-corrected chi connectivity index (χ4v) is 2.43. The molecule has 0 amide bonds. The second kappa shape index (κ2) is 5.36. The summed E-state index contributed by atoms with van der Waals surface area (Å²) in [5.74, 6) is 0.0167. The predicted molar refractivity (Wildman–Crippen MR) is 79.4 cm³/mol. The van der Waals surface area contributed by atoms with Crippen LogP contribution in [0.2, 0.25) is 0 Å². The SMILES string of the molecule is CCc1nc2cc(C(=O)O)ccc2n1Cc1ccncc1. The fourth-order valence-electron chi connectivity index (χ4n) is 2.43. The molecule has 0 radical (unpaired) electrons. The van der Waals surface area contributed by atoms with Crippen molar-refractivity contribution in [3.05, 3.63) is 59.7 Å². The molecule has 3 aromatic rings. The normalized spacial score (nSPS) is 10.9. The van der Waals surface area contributed by atoms with Crippen molar-refractivity contribution in [1.29, 1.82) is 0 Å². The molecular formula is C16H15N3O2. The van der Waals surface area contributed by atoms with E-state index in [-0.39, 0.29) is 5.56 Å². The van der Waals surface area contributed by atoms with Crippen molar-refractivity contribution >= 4 is 17.0 Å². The van der Waals surface area contributed by atoms with Gasteiger partial charge in [0.25, 0.3) is 0 Å². The van der Waals surface area contributed by atoms with Crippen molar-refractivity contribution in [2.24, 2.45) is 0 Å². The summed E-state index contributed by atoms with van der Waals surface area (Å²) in [6.45, 7) is 2.75. The van der Waals surface area contributed by atoms with E-state index in [2.05, 4.69) is 14.5 Å². The number of nitrogens with zero attached hydrogens (tertiary/aromatic N) is 3. The van der Waals surface area contributed by atoms with Crippen LogP contribution in [0, 0.1) is 0 Å². The Balaban J connectivity index is 2.10. The summed E-state index contributed by atoms with van der Waals surface area (Å²) in [4.78, 5) is 19.6. The molecule has 0 atom stereocenters. The first-order chi connectivity index (χ1) is 10.2. The molecule has 1 aromatic carbocycles. The molecular weight excluding hydrogens is 266 g/mol. The third-order valence-electron chi connectivity index (χ3n) is 3.48. The molecule has 0 aliphatic heterocycles. The van der Waals surface area contributed by atoms with Crippen molar-refractivity contribution in [1.82, 2.24) is 14.5 Å². The second-order valence-electron chi connectivity index (χ2n) is 4.83. The Kier molecular flexibility index (Phi) is 3.39. The summed E-state index contributed by atoms with van der Waals surface area (Å²) in [6, 6.07) is 9.01. The minimum absolute atomic E-state index is 0.263. The molecule has 2 aromatic heterocycles. The molecule has 21 heavy (non-hydrogen) atoms. The van der Waals surface area contributed by atoms with E-state index in [0.29, 0.717) is 6.54 Å². The monoisotopic (exact) mass is 281 g/mol. The molecule has 106 valence electrons. The number of hydrogen-bond donors (Lipinski definition) is 1. The summed E-state index contributed by atoms with van der Waals surface area (Å²) >= 11 is 0. The minimum Gasteiger partial charge on any atom is -0.478 e. The standard InChI is InChI=1S/C16H15N3O2/c1-2-15-18-13-9-12(16(20)21)3-4-14(13)19(15)10-11-5-7-17-8-6-11/h3-9H,2,10H2,1H3,(H,20,21). The molecule has 1 N–H and O–H groups in total. The van der Waals surface area contributed by atoms with Gasteiger partial charge in [-0.1, -0.05) is 6.92 Å². The number of hydrogen-bond acceptors (Lipinski definition) is 3. The van der Waals surface area contributed by atoms with Gasteiger partial charge in [0, 0.05) is 25.4 Å². The van der Waals surface area contributed by atoms with Gasteiger partial charge in [-0.25, -0.2) is 9.78 Å². The number of carboxylic acids is 1. The van der Waals surface area contributed by atoms with Crippen LogP contribution in [0.15, 0.2) is 42.7 Å². The Hall–Kier alpha value is -2.69. The summed E-state index contributed by atoms with van der Waals surface area (Å²) < 4.78 is 2.12. The first-order valence-electron chi connectivity index (χ1n) is 6.80. The van der Waals surface area contributed by atoms with Crippen LogP contribution in [-0.2, 0) is 13.0 Å². The maximum atomic E-state index is 11.1. The van der Waals surface area contributed by atoms with Gasteiger partial charge in [-0.2, -0.15) is 0 Å². The van der Waals surface area contributed by atoms with Crippen LogP contribution < -0.4 is 0 Å². The Morgan fingerprint density at radius 1 is 1.24 bits per heavy atom. The van der Waals surface area contributed by atoms with Gasteiger partial charge in [0.1, 0.15) is 5.82 Å². The van der Waals surface area contributed by atoms with E-state index in [0.717, 1.165) is 28.8 Å². The van der Waals surface area contributed by atoms with Crippen molar-refractivity contribution < 1.29 is 9.90 Å². The van der Waals surface area contributed by atoms with E-state index in [1.54, 1.807) is 24.5 Å². The maximum Gasteiger partial charge on any atom is 0.335 e. The molecule has 0 aliphatic carbocycles. The molecule has 0 aliphatic rings. The Morgan fingerprint density at radius 2 is 2.00 bits per heavy atom. The van der Waals surface area contributed by atoms with Gasteiger partial charge < -0.3 is 9.67 Å². The molecule has 2 heterocycles. The van der Waals surface area contributed by atoms with Crippen molar-refractivity contribution in [2.45, 2.75) is 19.9 Å². The number of pyridine rings is 1. The molecule has 0 bridgehead atoms. The molecule has 0 fully saturated rings. The topological polar surface area (TPSA) is 68.0 Å². The fraction of sp³-hybridized carbons (Fsp3) is 0.188. The van der Waals surface area contributed by atoms with Gasteiger partial charge in [-0.05, 0) is 35.9 Å². The van der Waals surface area contributed by atoms with Crippen LogP contribution in [0.3, 0.4) is 0 Å². The van der Waals surface area contributed by atoms with E-state index in [1.807, 2.05) is 25.1 Å². The van der Waals surface area contributed by atoms with E-state index < -0.39 is 5.97 Å². The molecule has 5 nitrogen and oxygen atoms in total. The van der Waals surface area contributed by atoms with Crippen LogP contribution in [0.4, 0.5) is 0 Å². The number of rotatable bonds is 4. The number of carboxylic acid groups (broad SMARTS) is 1. The van der Waals surface area contributed by atoms with Crippen LogP contribution >= 0.6 is 0 Å². The largest absolute Gasteiger partial charge is 0.478 e. The third-order valence-corrected chi connectivity index (χ3v) is 3.48. The molecule has 5 heteroatoms. The summed E-state index contributed by atoms with van der Waals surface area (Å²) in [7, 11) is 0. The highest BCUT2D eigenvalue weighted by atomic mass is 16.4.